The fourth-order valence-electron chi connectivity index (χ4n) is 1.93. The number of para-hydroxylation sites is 1. The standard InChI is InChI=1S/C11H15N3O2S/c12-11(13)9-3-1-2-4-10(9)14-5-7-17(15,16)8-6-14/h1-4H,5-8H2,(H3,12,13). The third-order valence-electron chi connectivity index (χ3n) is 2.88. The number of rotatable bonds is 2. The smallest absolute Gasteiger partial charge is 0.153 e. The highest BCUT2D eigenvalue weighted by molar-refractivity contribution is 7.91. The van der Waals surface area contributed by atoms with Crippen molar-refractivity contribution in [2.24, 2.45) is 5.73 Å². The van der Waals surface area contributed by atoms with Crippen LogP contribution in [0.25, 0.3) is 0 Å². The maximum atomic E-state index is 11.4. The van der Waals surface area contributed by atoms with Crippen molar-refractivity contribution < 1.29 is 8.42 Å². The highest BCUT2D eigenvalue weighted by Gasteiger charge is 2.23. The second-order valence-electron chi connectivity index (χ2n) is 4.07. The third-order valence-corrected chi connectivity index (χ3v) is 4.49. The molecule has 1 heterocycles. The molecule has 92 valence electrons. The number of anilines is 1. The molecule has 1 aromatic carbocycles. The van der Waals surface area contributed by atoms with E-state index in [0.29, 0.717) is 18.7 Å². The minimum Gasteiger partial charge on any atom is -0.384 e. The number of benzene rings is 1. The van der Waals surface area contributed by atoms with Gasteiger partial charge >= 0.3 is 0 Å². The van der Waals surface area contributed by atoms with Crippen LogP contribution in [0.4, 0.5) is 5.69 Å². The lowest BCUT2D eigenvalue weighted by Crippen LogP contribution is -2.41. The summed E-state index contributed by atoms with van der Waals surface area (Å²) in [4.78, 5) is 1.97. The molecule has 0 aliphatic carbocycles. The lowest BCUT2D eigenvalue weighted by molar-refractivity contribution is 0.587. The topological polar surface area (TPSA) is 87.2 Å². The summed E-state index contributed by atoms with van der Waals surface area (Å²) in [5.41, 5.74) is 7.01. The van der Waals surface area contributed by atoms with E-state index in [1.54, 1.807) is 6.07 Å². The van der Waals surface area contributed by atoms with Crippen LogP contribution in [0.15, 0.2) is 24.3 Å². The Balaban J connectivity index is 2.27. The van der Waals surface area contributed by atoms with E-state index in [9.17, 15) is 8.42 Å². The van der Waals surface area contributed by atoms with Crippen LogP contribution in [0.1, 0.15) is 5.56 Å². The molecule has 1 fully saturated rings. The van der Waals surface area contributed by atoms with Crippen molar-refractivity contribution in [3.63, 3.8) is 0 Å². The molecule has 1 saturated heterocycles. The van der Waals surface area contributed by atoms with Crippen LogP contribution in [-0.4, -0.2) is 38.8 Å². The van der Waals surface area contributed by atoms with Crippen LogP contribution in [0, 0.1) is 5.41 Å². The Morgan fingerprint density at radius 2 is 1.82 bits per heavy atom. The number of sulfone groups is 1. The maximum absolute atomic E-state index is 11.4. The fraction of sp³-hybridized carbons (Fsp3) is 0.364. The van der Waals surface area contributed by atoms with Crippen LogP contribution >= 0.6 is 0 Å². The van der Waals surface area contributed by atoms with Gasteiger partial charge in [-0.2, -0.15) is 0 Å². The van der Waals surface area contributed by atoms with Gasteiger partial charge in [-0.1, -0.05) is 12.1 Å². The minimum absolute atomic E-state index is 0.00836. The summed E-state index contributed by atoms with van der Waals surface area (Å²) < 4.78 is 22.7. The lowest BCUT2D eigenvalue weighted by Gasteiger charge is -2.30. The fourth-order valence-corrected chi connectivity index (χ4v) is 3.13. The van der Waals surface area contributed by atoms with Gasteiger partial charge in [0.1, 0.15) is 5.84 Å². The van der Waals surface area contributed by atoms with Gasteiger partial charge in [0.15, 0.2) is 9.84 Å². The van der Waals surface area contributed by atoms with E-state index in [0.717, 1.165) is 5.69 Å². The van der Waals surface area contributed by atoms with Gasteiger partial charge in [-0.25, -0.2) is 8.42 Å². The first-order chi connectivity index (χ1) is 7.99. The van der Waals surface area contributed by atoms with E-state index in [4.69, 9.17) is 11.1 Å². The van der Waals surface area contributed by atoms with E-state index in [1.807, 2.05) is 23.1 Å². The third kappa shape index (κ3) is 2.58. The van der Waals surface area contributed by atoms with Gasteiger partial charge in [-0.05, 0) is 12.1 Å². The van der Waals surface area contributed by atoms with Crippen molar-refractivity contribution in [1.29, 1.82) is 5.41 Å². The predicted molar refractivity (Wildman–Crippen MR) is 68.3 cm³/mol. The Hall–Kier alpha value is -1.56. The van der Waals surface area contributed by atoms with Gasteiger partial charge in [0, 0.05) is 24.3 Å². The first kappa shape index (κ1) is 11.9. The molecule has 0 amide bonds. The average Bonchev–Trinajstić information content (AvgIpc) is 2.29. The van der Waals surface area contributed by atoms with Crippen molar-refractivity contribution in [2.75, 3.05) is 29.5 Å². The Kier molecular flexibility index (Phi) is 3.06. The van der Waals surface area contributed by atoms with Gasteiger partial charge in [0.05, 0.1) is 11.5 Å². The highest BCUT2D eigenvalue weighted by atomic mass is 32.2. The molecular formula is C11H15N3O2S. The molecule has 1 aliphatic heterocycles. The summed E-state index contributed by atoms with van der Waals surface area (Å²) >= 11 is 0. The zero-order chi connectivity index (χ0) is 12.5. The summed E-state index contributed by atoms with van der Waals surface area (Å²) in [7, 11) is -2.88. The predicted octanol–water partition coefficient (Wildman–Crippen LogP) is 0.205. The molecule has 1 aliphatic rings. The molecule has 0 spiro atoms. The number of nitrogens with zero attached hydrogens (tertiary/aromatic N) is 1. The molecule has 0 bridgehead atoms. The van der Waals surface area contributed by atoms with Crippen LogP contribution < -0.4 is 10.6 Å². The van der Waals surface area contributed by atoms with Crippen LogP contribution in [0.3, 0.4) is 0 Å². The number of nitrogens with two attached hydrogens (primary N) is 1. The molecule has 6 heteroatoms. The van der Waals surface area contributed by atoms with Gasteiger partial charge in [0.25, 0.3) is 0 Å². The van der Waals surface area contributed by atoms with Crippen molar-refractivity contribution >= 4 is 21.4 Å². The quantitative estimate of drug-likeness (QED) is 0.582. The van der Waals surface area contributed by atoms with Crippen LogP contribution in [-0.2, 0) is 9.84 Å². The van der Waals surface area contributed by atoms with E-state index in [2.05, 4.69) is 0 Å². The van der Waals surface area contributed by atoms with Crippen molar-refractivity contribution in [3.8, 4) is 0 Å². The van der Waals surface area contributed by atoms with Crippen LogP contribution in [0.5, 0.6) is 0 Å². The summed E-state index contributed by atoms with van der Waals surface area (Å²) in [6.45, 7) is 0.930. The molecular weight excluding hydrogens is 238 g/mol. The Labute approximate surface area is 101 Å². The summed E-state index contributed by atoms with van der Waals surface area (Å²) in [5, 5.41) is 7.51. The van der Waals surface area contributed by atoms with Crippen molar-refractivity contribution in [3.05, 3.63) is 29.8 Å². The van der Waals surface area contributed by atoms with Crippen molar-refractivity contribution in [1.82, 2.24) is 0 Å². The number of hydrogen-bond acceptors (Lipinski definition) is 4. The zero-order valence-electron chi connectivity index (χ0n) is 9.39. The number of nitrogen functional groups attached to an aromatic ring is 1. The molecule has 5 nitrogen and oxygen atoms in total. The Morgan fingerprint density at radius 1 is 1.24 bits per heavy atom. The Morgan fingerprint density at radius 3 is 2.41 bits per heavy atom. The van der Waals surface area contributed by atoms with Gasteiger partial charge < -0.3 is 10.6 Å². The number of hydrogen-bond donors (Lipinski definition) is 2. The van der Waals surface area contributed by atoms with E-state index in [-0.39, 0.29) is 17.3 Å². The largest absolute Gasteiger partial charge is 0.384 e. The van der Waals surface area contributed by atoms with E-state index in [1.165, 1.54) is 0 Å². The second-order valence-corrected chi connectivity index (χ2v) is 6.37. The molecule has 2 rings (SSSR count). The normalized spacial score (nSPS) is 18.9. The monoisotopic (exact) mass is 253 g/mol. The van der Waals surface area contributed by atoms with Gasteiger partial charge in [0.2, 0.25) is 0 Å². The maximum Gasteiger partial charge on any atom is 0.153 e. The molecule has 0 radical (unpaired) electrons. The van der Waals surface area contributed by atoms with E-state index < -0.39 is 9.84 Å². The lowest BCUT2D eigenvalue weighted by atomic mass is 10.1. The Bertz CT molecular complexity index is 525. The molecule has 0 unspecified atom stereocenters. The minimum atomic E-state index is -2.88. The molecule has 3 N–H and O–H groups in total. The number of amidine groups is 1. The number of nitrogens with one attached hydrogen (secondary N) is 1. The highest BCUT2D eigenvalue weighted by Crippen LogP contribution is 2.21. The molecule has 0 saturated carbocycles. The summed E-state index contributed by atoms with van der Waals surface area (Å²) in [5.74, 6) is 0.340. The molecule has 0 aromatic heterocycles. The summed E-state index contributed by atoms with van der Waals surface area (Å²) in [6.07, 6.45) is 0. The zero-order valence-corrected chi connectivity index (χ0v) is 10.2. The molecule has 1 aromatic rings. The summed E-state index contributed by atoms with van der Waals surface area (Å²) in [6, 6.07) is 7.33. The van der Waals surface area contributed by atoms with Crippen molar-refractivity contribution in [2.45, 2.75) is 0 Å². The average molecular weight is 253 g/mol. The van der Waals surface area contributed by atoms with Gasteiger partial charge in [-0.3, -0.25) is 5.41 Å². The molecule has 17 heavy (non-hydrogen) atoms. The van der Waals surface area contributed by atoms with Crippen LogP contribution in [0.2, 0.25) is 0 Å². The second kappa shape index (κ2) is 4.37. The first-order valence-corrected chi connectivity index (χ1v) is 7.20. The molecule has 0 atom stereocenters. The first-order valence-electron chi connectivity index (χ1n) is 5.38. The van der Waals surface area contributed by atoms with Gasteiger partial charge in [-0.15, -0.1) is 0 Å². The van der Waals surface area contributed by atoms with E-state index >= 15 is 0 Å². The SMILES string of the molecule is N=C(N)c1ccccc1N1CCS(=O)(=O)CC1.